The minimum Gasteiger partial charge on any atom is -0.317 e. The second-order valence-electron chi connectivity index (χ2n) is 7.82. The maximum absolute atomic E-state index is 6.15. The van der Waals surface area contributed by atoms with E-state index in [0.29, 0.717) is 0 Å². The predicted octanol–water partition coefficient (Wildman–Crippen LogP) is 5.26. The van der Waals surface area contributed by atoms with Crippen LogP contribution in [0.1, 0.15) is 29.7 Å². The second-order valence-corrected chi connectivity index (χ2v) is 8.26. The number of rotatable bonds is 3. The van der Waals surface area contributed by atoms with Crippen LogP contribution in [0.5, 0.6) is 0 Å². The fraction of sp³-hybridized carbons (Fsp3) is 0.250. The molecule has 29 heavy (non-hydrogen) atoms. The summed E-state index contributed by atoms with van der Waals surface area (Å²) in [6, 6.07) is 19.2. The van der Waals surface area contributed by atoms with Gasteiger partial charge >= 0.3 is 0 Å². The van der Waals surface area contributed by atoms with Crippen molar-refractivity contribution in [3.05, 3.63) is 82.6 Å². The van der Waals surface area contributed by atoms with Gasteiger partial charge in [0, 0.05) is 33.3 Å². The Morgan fingerprint density at radius 2 is 1.55 bits per heavy atom. The van der Waals surface area contributed by atoms with Gasteiger partial charge in [0.1, 0.15) is 0 Å². The number of piperidine rings is 1. The van der Waals surface area contributed by atoms with E-state index in [1.165, 1.54) is 11.1 Å². The van der Waals surface area contributed by atoms with E-state index in [1.807, 2.05) is 31.3 Å². The molecule has 0 bridgehead atoms. The van der Waals surface area contributed by atoms with Crippen LogP contribution in [0.2, 0.25) is 5.02 Å². The number of pyridine rings is 1. The summed E-state index contributed by atoms with van der Waals surface area (Å²) >= 11 is 6.15. The molecule has 2 aromatic heterocycles. The average Bonchev–Trinajstić information content (AvgIpc) is 3.16. The van der Waals surface area contributed by atoms with Crippen LogP contribution in [0.15, 0.2) is 60.8 Å². The van der Waals surface area contributed by atoms with Gasteiger partial charge in [-0.2, -0.15) is 5.10 Å². The third kappa shape index (κ3) is 3.13. The molecule has 1 aliphatic rings. The summed E-state index contributed by atoms with van der Waals surface area (Å²) in [5, 5.41) is 12.8. The van der Waals surface area contributed by atoms with Crippen LogP contribution in [0.25, 0.3) is 22.2 Å². The maximum atomic E-state index is 6.15. The van der Waals surface area contributed by atoms with E-state index in [0.717, 1.165) is 58.8 Å². The third-order valence-corrected chi connectivity index (χ3v) is 6.46. The number of benzene rings is 2. The Morgan fingerprint density at radius 1 is 0.897 bits per heavy atom. The Kier molecular flexibility index (Phi) is 4.61. The number of nitrogens with one attached hydrogen (secondary N) is 2. The van der Waals surface area contributed by atoms with Gasteiger partial charge in [-0.05, 0) is 62.2 Å². The van der Waals surface area contributed by atoms with Gasteiger partial charge in [-0.15, -0.1) is 0 Å². The lowest BCUT2D eigenvalue weighted by molar-refractivity contribution is 0.362. The van der Waals surface area contributed by atoms with Crippen LogP contribution in [-0.4, -0.2) is 28.3 Å². The molecule has 146 valence electrons. The highest BCUT2D eigenvalue weighted by atomic mass is 35.5. The van der Waals surface area contributed by atoms with Gasteiger partial charge in [0.15, 0.2) is 0 Å². The molecule has 5 rings (SSSR count). The summed E-state index contributed by atoms with van der Waals surface area (Å²) in [6.07, 6.45) is 3.97. The largest absolute Gasteiger partial charge is 0.317 e. The number of aryl methyl sites for hydroxylation is 1. The molecule has 0 aliphatic carbocycles. The lowest BCUT2D eigenvalue weighted by Crippen LogP contribution is -2.40. The zero-order chi connectivity index (χ0) is 19.8. The number of nitrogens with zero attached hydrogens (tertiary/aromatic N) is 2. The molecular weight excluding hydrogens is 380 g/mol. The van der Waals surface area contributed by atoms with Crippen molar-refractivity contribution in [2.75, 3.05) is 13.1 Å². The quantitative estimate of drug-likeness (QED) is 0.491. The molecule has 0 spiro atoms. The number of aromatic amines is 1. The summed E-state index contributed by atoms with van der Waals surface area (Å²) in [4.78, 5) is 4.65. The molecule has 4 nitrogen and oxygen atoms in total. The zero-order valence-corrected chi connectivity index (χ0v) is 17.1. The van der Waals surface area contributed by atoms with Crippen LogP contribution in [0, 0.1) is 6.92 Å². The maximum Gasteiger partial charge on any atom is 0.0960 e. The number of halogens is 1. The third-order valence-electron chi connectivity index (χ3n) is 6.21. The molecule has 0 unspecified atom stereocenters. The number of aromatic nitrogens is 3. The van der Waals surface area contributed by atoms with E-state index < -0.39 is 0 Å². The van der Waals surface area contributed by atoms with Gasteiger partial charge in [0.2, 0.25) is 0 Å². The SMILES string of the molecule is Cc1[nH]nc2ccnc(-c3ccc(C4(c5ccc(Cl)cc5)CCNCC4)cc3)c12. The fourth-order valence-electron chi connectivity index (χ4n) is 4.65. The number of hydrogen-bond donors (Lipinski definition) is 2. The minimum atomic E-state index is 0.0133. The number of hydrogen-bond acceptors (Lipinski definition) is 3. The molecule has 1 aliphatic heterocycles. The van der Waals surface area contributed by atoms with E-state index in [9.17, 15) is 0 Å². The van der Waals surface area contributed by atoms with Gasteiger partial charge in [0.05, 0.1) is 11.2 Å². The van der Waals surface area contributed by atoms with Gasteiger partial charge in [-0.3, -0.25) is 10.1 Å². The first-order chi connectivity index (χ1) is 14.2. The van der Waals surface area contributed by atoms with E-state index >= 15 is 0 Å². The standard InChI is InChI=1S/C24H23ClN4/c1-16-22-21(29-28-16)10-13-27-23(22)17-2-4-18(5-3-17)24(11-14-26-15-12-24)19-6-8-20(25)9-7-19/h2-10,13,26H,11-12,14-15H2,1H3,(H,28,29). The number of fused-ring (bicyclic) bond motifs is 1. The molecule has 0 atom stereocenters. The summed E-state index contributed by atoms with van der Waals surface area (Å²) in [5.41, 5.74) is 6.79. The highest BCUT2D eigenvalue weighted by molar-refractivity contribution is 6.30. The van der Waals surface area contributed by atoms with Crippen LogP contribution >= 0.6 is 11.6 Å². The first-order valence-electron chi connectivity index (χ1n) is 10.0. The molecule has 0 amide bonds. The molecule has 0 radical (unpaired) electrons. The molecule has 2 aromatic carbocycles. The first kappa shape index (κ1) is 18.3. The highest BCUT2D eigenvalue weighted by Gasteiger charge is 2.35. The topological polar surface area (TPSA) is 53.6 Å². The van der Waals surface area contributed by atoms with Gasteiger partial charge in [0.25, 0.3) is 0 Å². The van der Waals surface area contributed by atoms with Gasteiger partial charge in [-0.25, -0.2) is 0 Å². The summed E-state index contributed by atoms with van der Waals surface area (Å²) < 4.78 is 0. The molecule has 1 saturated heterocycles. The average molecular weight is 403 g/mol. The normalized spacial score (nSPS) is 16.2. The minimum absolute atomic E-state index is 0.0133. The lowest BCUT2D eigenvalue weighted by Gasteiger charge is -2.39. The van der Waals surface area contributed by atoms with Crippen molar-refractivity contribution in [2.24, 2.45) is 0 Å². The molecule has 2 N–H and O–H groups in total. The summed E-state index contributed by atoms with van der Waals surface area (Å²) in [6.45, 7) is 4.07. The highest BCUT2D eigenvalue weighted by Crippen LogP contribution is 2.41. The van der Waals surface area contributed by atoms with Crippen LogP contribution in [0.3, 0.4) is 0 Å². The van der Waals surface area contributed by atoms with Crippen LogP contribution in [0.4, 0.5) is 0 Å². The van der Waals surface area contributed by atoms with E-state index in [-0.39, 0.29) is 5.41 Å². The smallest absolute Gasteiger partial charge is 0.0960 e. The lowest BCUT2D eigenvalue weighted by atomic mass is 9.68. The molecular formula is C24H23ClN4. The Hall–Kier alpha value is -2.69. The van der Waals surface area contributed by atoms with Crippen LogP contribution < -0.4 is 5.32 Å². The zero-order valence-electron chi connectivity index (χ0n) is 16.4. The van der Waals surface area contributed by atoms with Crippen LogP contribution in [-0.2, 0) is 5.41 Å². The van der Waals surface area contributed by atoms with Crippen molar-refractivity contribution >= 4 is 22.5 Å². The van der Waals surface area contributed by atoms with E-state index in [2.05, 4.69) is 56.9 Å². The predicted molar refractivity (Wildman–Crippen MR) is 118 cm³/mol. The molecule has 5 heteroatoms. The van der Waals surface area contributed by atoms with Crippen molar-refractivity contribution in [1.29, 1.82) is 0 Å². The Labute approximate surface area is 175 Å². The molecule has 0 saturated carbocycles. The summed E-state index contributed by atoms with van der Waals surface area (Å²) in [5.74, 6) is 0. The second kappa shape index (κ2) is 7.29. The molecule has 1 fully saturated rings. The van der Waals surface area contributed by atoms with Crippen molar-refractivity contribution in [3.8, 4) is 11.3 Å². The first-order valence-corrected chi connectivity index (χ1v) is 10.4. The van der Waals surface area contributed by atoms with Crippen molar-refractivity contribution in [1.82, 2.24) is 20.5 Å². The Bertz CT molecular complexity index is 1140. The molecule has 3 heterocycles. The summed E-state index contributed by atoms with van der Waals surface area (Å²) in [7, 11) is 0. The van der Waals surface area contributed by atoms with Crippen molar-refractivity contribution < 1.29 is 0 Å². The number of H-pyrrole nitrogens is 1. The van der Waals surface area contributed by atoms with E-state index in [4.69, 9.17) is 11.6 Å². The van der Waals surface area contributed by atoms with Crippen molar-refractivity contribution in [3.63, 3.8) is 0 Å². The molecule has 4 aromatic rings. The van der Waals surface area contributed by atoms with Gasteiger partial charge in [-0.1, -0.05) is 48.0 Å². The Morgan fingerprint density at radius 3 is 2.24 bits per heavy atom. The van der Waals surface area contributed by atoms with Crippen molar-refractivity contribution in [2.45, 2.75) is 25.2 Å². The fourth-order valence-corrected chi connectivity index (χ4v) is 4.77. The Balaban J connectivity index is 1.59. The van der Waals surface area contributed by atoms with E-state index in [1.54, 1.807) is 0 Å². The monoisotopic (exact) mass is 402 g/mol. The van der Waals surface area contributed by atoms with Gasteiger partial charge < -0.3 is 5.32 Å².